The van der Waals surface area contributed by atoms with Crippen molar-refractivity contribution in [1.82, 2.24) is 5.32 Å². The molecule has 0 bridgehead atoms. The number of anilines is 1. The van der Waals surface area contributed by atoms with Gasteiger partial charge in [0.2, 0.25) is 0 Å². The van der Waals surface area contributed by atoms with E-state index in [9.17, 15) is 14.7 Å². The largest absolute Gasteiger partial charge is 0.550 e. The molecule has 7 heteroatoms. The molecule has 0 heterocycles. The molecule has 0 aliphatic rings. The van der Waals surface area contributed by atoms with E-state index in [-0.39, 0.29) is 6.42 Å². The second-order valence-corrected chi connectivity index (χ2v) is 7.29. The van der Waals surface area contributed by atoms with Crippen LogP contribution in [0.2, 0.25) is 0 Å². The summed E-state index contributed by atoms with van der Waals surface area (Å²) in [6, 6.07) is 15.3. The molecule has 0 aromatic heterocycles. The Morgan fingerprint density at radius 3 is 2.33 bits per heavy atom. The highest BCUT2D eigenvalue weighted by Gasteiger charge is 2.20. The molecule has 2 aromatic rings. The van der Waals surface area contributed by atoms with Crippen molar-refractivity contribution >= 4 is 17.7 Å². The van der Waals surface area contributed by atoms with Gasteiger partial charge in [0.05, 0.1) is 33.7 Å². The van der Waals surface area contributed by atoms with Crippen LogP contribution in [0.25, 0.3) is 0 Å². The average molecular weight is 371 g/mol. The predicted molar refractivity (Wildman–Crippen MR) is 101 cm³/mol. The molecule has 27 heavy (non-hydrogen) atoms. The third kappa shape index (κ3) is 7.79. The smallest absolute Gasteiger partial charge is 0.319 e. The molecule has 2 N–H and O–H groups in total. The third-order valence-corrected chi connectivity index (χ3v) is 3.59. The van der Waals surface area contributed by atoms with Crippen molar-refractivity contribution < 1.29 is 23.9 Å². The van der Waals surface area contributed by atoms with E-state index in [0.717, 1.165) is 0 Å². The Hall–Kier alpha value is -3.06. The second kappa shape index (κ2) is 9.05. The third-order valence-electron chi connectivity index (χ3n) is 3.59. The molecule has 0 aliphatic heterocycles. The van der Waals surface area contributed by atoms with Crippen molar-refractivity contribution in [3.8, 4) is 11.5 Å². The standard InChI is InChI=1S/C20H25N3O4/c1-23(2,3)14-16(13-19(24)25)22-20(26)21-15-8-7-11-18(12-15)27-17-9-5-4-6-10-17/h4-12,16H,13-14H2,1-3H3,(H2-,21,22,24,25,26)/t16-/m1/s1. The number of likely N-dealkylation sites (N-methyl/N-ethyl adjacent to an activating group) is 1. The number of carbonyl (C=O) groups is 2. The Morgan fingerprint density at radius 1 is 1.04 bits per heavy atom. The van der Waals surface area contributed by atoms with Crippen molar-refractivity contribution in [2.24, 2.45) is 0 Å². The van der Waals surface area contributed by atoms with Gasteiger partial charge in [-0.3, -0.25) is 0 Å². The highest BCUT2D eigenvalue weighted by atomic mass is 16.5. The summed E-state index contributed by atoms with van der Waals surface area (Å²) in [5.41, 5.74) is 0.540. The monoisotopic (exact) mass is 371 g/mol. The normalized spacial score (nSPS) is 12.1. The van der Waals surface area contributed by atoms with Crippen LogP contribution in [0.4, 0.5) is 10.5 Å². The second-order valence-electron chi connectivity index (χ2n) is 7.29. The number of hydrogen-bond acceptors (Lipinski definition) is 4. The number of ether oxygens (including phenoxy) is 1. The molecule has 1 atom stereocenters. The van der Waals surface area contributed by atoms with E-state index >= 15 is 0 Å². The van der Waals surface area contributed by atoms with E-state index in [1.165, 1.54) is 0 Å². The Morgan fingerprint density at radius 2 is 1.70 bits per heavy atom. The van der Waals surface area contributed by atoms with Gasteiger partial charge in [-0.2, -0.15) is 0 Å². The molecule has 2 rings (SSSR count). The first-order valence-electron chi connectivity index (χ1n) is 8.62. The molecule has 0 unspecified atom stereocenters. The quantitative estimate of drug-likeness (QED) is 0.693. The van der Waals surface area contributed by atoms with Crippen LogP contribution in [0.15, 0.2) is 54.6 Å². The lowest BCUT2D eigenvalue weighted by atomic mass is 10.2. The van der Waals surface area contributed by atoms with Gasteiger partial charge in [0.15, 0.2) is 0 Å². The maximum absolute atomic E-state index is 12.3. The summed E-state index contributed by atoms with van der Waals surface area (Å²) < 4.78 is 6.25. The number of nitrogens with zero attached hydrogens (tertiary/aromatic N) is 1. The Labute approximate surface area is 159 Å². The van der Waals surface area contributed by atoms with Gasteiger partial charge in [-0.1, -0.05) is 24.3 Å². The zero-order chi connectivity index (χ0) is 19.9. The zero-order valence-electron chi connectivity index (χ0n) is 15.8. The molecule has 0 fully saturated rings. The molecule has 0 aliphatic carbocycles. The van der Waals surface area contributed by atoms with Crippen molar-refractivity contribution in [3.63, 3.8) is 0 Å². The van der Waals surface area contributed by atoms with E-state index < -0.39 is 18.0 Å². The number of urea groups is 1. The SMILES string of the molecule is C[N+](C)(C)C[C@@H](CC(=O)[O-])NC(=O)Nc1cccc(Oc2ccccc2)c1. The van der Waals surface area contributed by atoms with Crippen LogP contribution in [0.5, 0.6) is 11.5 Å². The minimum Gasteiger partial charge on any atom is -0.550 e. The lowest BCUT2D eigenvalue weighted by molar-refractivity contribution is -0.871. The molecular formula is C20H25N3O4. The van der Waals surface area contributed by atoms with Crippen LogP contribution in [0.1, 0.15) is 6.42 Å². The highest BCUT2D eigenvalue weighted by molar-refractivity contribution is 5.89. The van der Waals surface area contributed by atoms with Gasteiger partial charge in [-0.15, -0.1) is 0 Å². The van der Waals surface area contributed by atoms with E-state index in [2.05, 4.69) is 10.6 Å². The molecular weight excluding hydrogens is 346 g/mol. The van der Waals surface area contributed by atoms with Gasteiger partial charge >= 0.3 is 6.03 Å². The van der Waals surface area contributed by atoms with Crippen LogP contribution in [-0.2, 0) is 4.79 Å². The van der Waals surface area contributed by atoms with Crippen LogP contribution >= 0.6 is 0 Å². The summed E-state index contributed by atoms with van der Waals surface area (Å²) in [5.74, 6) is 0.0692. The van der Waals surface area contributed by atoms with Crippen molar-refractivity contribution in [2.75, 3.05) is 33.0 Å². The number of carboxylic acid groups (broad SMARTS) is 1. The van der Waals surface area contributed by atoms with Gasteiger partial charge in [-0.05, 0) is 24.3 Å². The highest BCUT2D eigenvalue weighted by Crippen LogP contribution is 2.23. The van der Waals surface area contributed by atoms with E-state index in [1.807, 2.05) is 51.5 Å². The number of nitrogens with one attached hydrogen (secondary N) is 2. The lowest BCUT2D eigenvalue weighted by Crippen LogP contribution is -2.51. The van der Waals surface area contributed by atoms with Gasteiger partial charge in [-0.25, -0.2) is 4.79 Å². The Balaban J connectivity index is 1.99. The summed E-state index contributed by atoms with van der Waals surface area (Å²) in [4.78, 5) is 23.2. The maximum atomic E-state index is 12.3. The summed E-state index contributed by atoms with van der Waals surface area (Å²) in [7, 11) is 5.77. The first kappa shape index (κ1) is 20.3. The van der Waals surface area contributed by atoms with Crippen molar-refractivity contribution in [1.29, 1.82) is 0 Å². The van der Waals surface area contributed by atoms with E-state index in [4.69, 9.17) is 4.74 Å². The molecule has 0 radical (unpaired) electrons. The molecule has 0 spiro atoms. The number of aliphatic carboxylic acids is 1. The number of carboxylic acids is 1. The fourth-order valence-corrected chi connectivity index (χ4v) is 2.64. The number of benzene rings is 2. The minimum atomic E-state index is -1.20. The van der Waals surface area contributed by atoms with Gasteiger partial charge < -0.3 is 29.8 Å². The first-order valence-corrected chi connectivity index (χ1v) is 8.62. The van der Waals surface area contributed by atoms with Crippen molar-refractivity contribution in [3.05, 3.63) is 54.6 Å². The topological polar surface area (TPSA) is 90.5 Å². The van der Waals surface area contributed by atoms with E-state index in [1.54, 1.807) is 24.3 Å². The first-order chi connectivity index (χ1) is 12.7. The fraction of sp³-hybridized carbons (Fsp3) is 0.300. The predicted octanol–water partition coefficient (Wildman–Crippen LogP) is 1.82. The number of hydrogen-bond donors (Lipinski definition) is 2. The molecule has 2 amide bonds. The number of amides is 2. The average Bonchev–Trinajstić information content (AvgIpc) is 2.53. The summed E-state index contributed by atoms with van der Waals surface area (Å²) in [5, 5.41) is 16.3. The zero-order valence-corrected chi connectivity index (χ0v) is 15.8. The number of rotatable bonds is 8. The summed E-state index contributed by atoms with van der Waals surface area (Å²) >= 11 is 0. The van der Waals surface area contributed by atoms with E-state index in [0.29, 0.717) is 28.2 Å². The van der Waals surface area contributed by atoms with Gasteiger partial charge in [0.1, 0.15) is 11.5 Å². The van der Waals surface area contributed by atoms with Crippen LogP contribution in [0, 0.1) is 0 Å². The molecule has 7 nitrogen and oxygen atoms in total. The van der Waals surface area contributed by atoms with Crippen LogP contribution in [0.3, 0.4) is 0 Å². The lowest BCUT2D eigenvalue weighted by Gasteiger charge is -2.30. The van der Waals surface area contributed by atoms with Crippen LogP contribution < -0.4 is 20.5 Å². The molecule has 2 aromatic carbocycles. The van der Waals surface area contributed by atoms with Gasteiger partial charge in [0, 0.05) is 24.1 Å². The molecule has 0 saturated carbocycles. The number of quaternary nitrogens is 1. The van der Waals surface area contributed by atoms with Crippen LogP contribution in [-0.4, -0.2) is 50.2 Å². The fourth-order valence-electron chi connectivity index (χ4n) is 2.64. The number of para-hydroxylation sites is 1. The molecule has 0 saturated heterocycles. The number of carbonyl (C=O) groups excluding carboxylic acids is 2. The minimum absolute atomic E-state index is 0.250. The van der Waals surface area contributed by atoms with Crippen molar-refractivity contribution in [2.45, 2.75) is 12.5 Å². The Kier molecular flexibility index (Phi) is 6.79. The molecule has 144 valence electrons. The summed E-state index contributed by atoms with van der Waals surface area (Å²) in [6.07, 6.45) is -0.250. The Bertz CT molecular complexity index is 772. The maximum Gasteiger partial charge on any atom is 0.319 e. The van der Waals surface area contributed by atoms with Gasteiger partial charge in [0.25, 0.3) is 0 Å². The summed E-state index contributed by atoms with van der Waals surface area (Å²) in [6.45, 7) is 0.457.